The van der Waals surface area contributed by atoms with Crippen molar-refractivity contribution < 1.29 is 35.9 Å². The first kappa shape index (κ1) is 24.8. The molecule has 12 heteroatoms. The van der Waals surface area contributed by atoms with Gasteiger partial charge in [-0.1, -0.05) is 0 Å². The van der Waals surface area contributed by atoms with Crippen molar-refractivity contribution in [2.75, 3.05) is 31.6 Å². The summed E-state index contributed by atoms with van der Waals surface area (Å²) in [7, 11) is 0. The number of likely N-dealkylation sites (tertiary alicyclic amines) is 1. The molecule has 194 valence electrons. The average Bonchev–Trinajstić information content (AvgIpc) is 3.40. The lowest BCUT2D eigenvalue weighted by atomic mass is 9.98. The van der Waals surface area contributed by atoms with Crippen molar-refractivity contribution in [1.29, 1.82) is 0 Å². The number of amides is 1. The monoisotopic (exact) mass is 514 g/mol. The van der Waals surface area contributed by atoms with E-state index in [4.69, 9.17) is 4.74 Å². The molecule has 0 radical (unpaired) electrons. The molecule has 0 unspecified atom stereocenters. The third kappa shape index (κ3) is 4.87. The summed E-state index contributed by atoms with van der Waals surface area (Å²) in [6, 6.07) is 1.09. The summed E-state index contributed by atoms with van der Waals surface area (Å²) in [5.41, 5.74) is -2.58. The number of benzene rings is 1. The lowest BCUT2D eigenvalue weighted by Gasteiger charge is -2.27. The van der Waals surface area contributed by atoms with Crippen LogP contribution in [0.3, 0.4) is 0 Å². The van der Waals surface area contributed by atoms with Gasteiger partial charge in [0.2, 0.25) is 5.91 Å². The number of alkyl halides is 3. The molecule has 3 atom stereocenters. The number of halogens is 6. The molecule has 3 heterocycles. The number of rotatable bonds is 4. The van der Waals surface area contributed by atoms with E-state index in [-0.39, 0.29) is 29.7 Å². The van der Waals surface area contributed by atoms with Crippen molar-refractivity contribution >= 4 is 11.7 Å². The summed E-state index contributed by atoms with van der Waals surface area (Å²) >= 11 is 0. The maximum absolute atomic E-state index is 14.1. The number of anilines is 1. The standard InChI is InChI=1S/C24H24F6N4O2/c25-15-7-17(21(27)19(26)8-15)20-9-18(24(28,29)30)22(33-32-20)31-16-5-13-10-34(11-14(13)6-16)23(35)12-1-3-36-4-2-12/h7-9,12-14,16H,1-6,10-11H2,(H,31,33)/t13-,14+,16-. The van der Waals surface area contributed by atoms with Crippen molar-refractivity contribution in [2.45, 2.75) is 37.9 Å². The van der Waals surface area contributed by atoms with Crippen LogP contribution in [0.4, 0.5) is 32.2 Å². The van der Waals surface area contributed by atoms with Crippen molar-refractivity contribution in [3.63, 3.8) is 0 Å². The van der Waals surface area contributed by atoms with Gasteiger partial charge in [0.25, 0.3) is 0 Å². The molecule has 1 aliphatic carbocycles. The SMILES string of the molecule is O=C(C1CCOCC1)N1C[C@H]2C[C@@H](Nc3nnc(-c4cc(F)cc(F)c4F)cc3C(F)(F)F)C[C@H]2C1. The van der Waals surface area contributed by atoms with Crippen molar-refractivity contribution in [3.05, 3.63) is 41.2 Å². The molecule has 0 spiro atoms. The highest BCUT2D eigenvalue weighted by Gasteiger charge is 2.44. The Bertz CT molecular complexity index is 1140. The van der Waals surface area contributed by atoms with Crippen LogP contribution in [0.5, 0.6) is 0 Å². The van der Waals surface area contributed by atoms with E-state index in [2.05, 4.69) is 15.5 Å². The number of carbonyl (C=O) groups excluding carboxylic acids is 1. The molecular formula is C24H24F6N4O2. The van der Waals surface area contributed by atoms with Crippen LogP contribution in [0.25, 0.3) is 11.3 Å². The van der Waals surface area contributed by atoms with Gasteiger partial charge in [-0.15, -0.1) is 10.2 Å². The highest BCUT2D eigenvalue weighted by Crippen LogP contribution is 2.42. The summed E-state index contributed by atoms with van der Waals surface area (Å²) < 4.78 is 88.0. The second kappa shape index (κ2) is 9.53. The van der Waals surface area contributed by atoms with Gasteiger partial charge in [-0.2, -0.15) is 13.2 Å². The number of nitrogens with one attached hydrogen (secondary N) is 1. The minimum Gasteiger partial charge on any atom is -0.381 e. The number of carbonyl (C=O) groups is 1. The maximum Gasteiger partial charge on any atom is 0.420 e. The van der Waals surface area contributed by atoms with Gasteiger partial charge in [0.1, 0.15) is 11.4 Å². The van der Waals surface area contributed by atoms with Gasteiger partial charge in [-0.05, 0) is 49.7 Å². The summed E-state index contributed by atoms with van der Waals surface area (Å²) in [5.74, 6) is -4.31. The van der Waals surface area contributed by atoms with E-state index < -0.39 is 46.3 Å². The number of hydrogen-bond acceptors (Lipinski definition) is 5. The molecule has 3 aliphatic rings. The van der Waals surface area contributed by atoms with Crippen LogP contribution in [-0.2, 0) is 15.7 Å². The third-order valence-electron chi connectivity index (χ3n) is 7.34. The zero-order valence-corrected chi connectivity index (χ0v) is 19.1. The van der Waals surface area contributed by atoms with Gasteiger partial charge in [0.15, 0.2) is 17.5 Å². The molecule has 2 saturated heterocycles. The number of ether oxygens (including phenoxy) is 1. The van der Waals surface area contributed by atoms with Crippen LogP contribution in [0.15, 0.2) is 18.2 Å². The summed E-state index contributed by atoms with van der Waals surface area (Å²) in [6.07, 6.45) is -2.33. The van der Waals surface area contributed by atoms with Crippen LogP contribution < -0.4 is 5.32 Å². The average molecular weight is 514 g/mol. The fraction of sp³-hybridized carbons (Fsp3) is 0.542. The first-order valence-electron chi connectivity index (χ1n) is 11.8. The second-order valence-electron chi connectivity index (χ2n) is 9.70. The fourth-order valence-corrected chi connectivity index (χ4v) is 5.58. The second-order valence-corrected chi connectivity index (χ2v) is 9.70. The minimum absolute atomic E-state index is 0.0361. The topological polar surface area (TPSA) is 67.3 Å². The normalized spacial score (nSPS) is 24.7. The molecule has 5 rings (SSSR count). The van der Waals surface area contributed by atoms with E-state index in [9.17, 15) is 31.1 Å². The predicted molar refractivity (Wildman–Crippen MR) is 116 cm³/mol. The van der Waals surface area contributed by atoms with Gasteiger partial charge < -0.3 is 15.0 Å². The molecule has 3 fully saturated rings. The molecule has 36 heavy (non-hydrogen) atoms. The van der Waals surface area contributed by atoms with Crippen LogP contribution in [-0.4, -0.2) is 53.3 Å². The molecule has 1 amide bonds. The molecule has 1 aromatic carbocycles. The molecule has 2 aliphatic heterocycles. The van der Waals surface area contributed by atoms with Gasteiger partial charge >= 0.3 is 6.18 Å². The molecule has 1 aromatic heterocycles. The lowest BCUT2D eigenvalue weighted by molar-refractivity contribution is -0.138. The minimum atomic E-state index is -4.86. The van der Waals surface area contributed by atoms with Crippen LogP contribution in [0.2, 0.25) is 0 Å². The largest absolute Gasteiger partial charge is 0.420 e. The molecule has 1 N–H and O–H groups in total. The van der Waals surface area contributed by atoms with Gasteiger partial charge in [0.05, 0.1) is 5.69 Å². The fourth-order valence-electron chi connectivity index (χ4n) is 5.58. The van der Waals surface area contributed by atoms with E-state index in [0.717, 1.165) is 0 Å². The number of nitrogens with zero attached hydrogens (tertiary/aromatic N) is 3. The van der Waals surface area contributed by atoms with Gasteiger partial charge in [-0.25, -0.2) is 13.2 Å². The highest BCUT2D eigenvalue weighted by atomic mass is 19.4. The zero-order valence-electron chi connectivity index (χ0n) is 19.1. The number of aromatic nitrogens is 2. The lowest BCUT2D eigenvalue weighted by Crippen LogP contribution is -2.38. The van der Waals surface area contributed by atoms with Crippen molar-refractivity contribution in [3.8, 4) is 11.3 Å². The van der Waals surface area contributed by atoms with Crippen LogP contribution >= 0.6 is 0 Å². The Balaban J connectivity index is 1.29. The summed E-state index contributed by atoms with van der Waals surface area (Å²) in [5, 5.41) is 10.0. The Labute approximate surface area is 203 Å². The Kier molecular flexibility index (Phi) is 6.56. The Hall–Kier alpha value is -2.89. The van der Waals surface area contributed by atoms with E-state index in [1.807, 2.05) is 4.90 Å². The molecule has 6 nitrogen and oxygen atoms in total. The zero-order chi connectivity index (χ0) is 25.6. The van der Waals surface area contributed by atoms with Gasteiger partial charge in [0, 0.05) is 49.9 Å². The maximum atomic E-state index is 14.1. The number of hydrogen-bond donors (Lipinski definition) is 1. The van der Waals surface area contributed by atoms with E-state index in [1.165, 1.54) is 0 Å². The Morgan fingerprint density at radius 2 is 1.67 bits per heavy atom. The molecular weight excluding hydrogens is 490 g/mol. The van der Waals surface area contributed by atoms with Crippen molar-refractivity contribution in [2.24, 2.45) is 17.8 Å². The van der Waals surface area contributed by atoms with E-state index in [0.29, 0.717) is 70.2 Å². The van der Waals surface area contributed by atoms with Crippen molar-refractivity contribution in [1.82, 2.24) is 15.1 Å². The number of fused-ring (bicyclic) bond motifs is 1. The van der Waals surface area contributed by atoms with Gasteiger partial charge in [-0.3, -0.25) is 4.79 Å². The predicted octanol–water partition coefficient (Wildman–Crippen LogP) is 4.66. The quantitative estimate of drug-likeness (QED) is 0.475. The first-order valence-corrected chi connectivity index (χ1v) is 11.8. The van der Waals surface area contributed by atoms with E-state index >= 15 is 0 Å². The Morgan fingerprint density at radius 1 is 1.00 bits per heavy atom. The summed E-state index contributed by atoms with van der Waals surface area (Å²) in [4.78, 5) is 14.7. The summed E-state index contributed by atoms with van der Waals surface area (Å²) in [6.45, 7) is 2.29. The van der Waals surface area contributed by atoms with Crippen LogP contribution in [0.1, 0.15) is 31.2 Å². The smallest absolute Gasteiger partial charge is 0.381 e. The van der Waals surface area contributed by atoms with E-state index in [1.54, 1.807) is 0 Å². The molecule has 1 saturated carbocycles. The first-order chi connectivity index (χ1) is 17.1. The van der Waals surface area contributed by atoms with Crippen LogP contribution in [0, 0.1) is 35.2 Å². The third-order valence-corrected chi connectivity index (χ3v) is 7.34. The Morgan fingerprint density at radius 3 is 2.31 bits per heavy atom. The molecule has 2 aromatic rings. The highest BCUT2D eigenvalue weighted by molar-refractivity contribution is 5.79. The molecule has 0 bridgehead atoms.